The fourth-order valence-electron chi connectivity index (χ4n) is 0.434. The van der Waals surface area contributed by atoms with Gasteiger partial charge in [0.15, 0.2) is 0 Å². The smallest absolute Gasteiger partial charge is 0.0240 e. The summed E-state index contributed by atoms with van der Waals surface area (Å²) in [4.78, 5) is 0. The molecule has 1 aliphatic heterocycles. The van der Waals surface area contributed by atoms with E-state index >= 15 is 0 Å². The predicted octanol–water partition coefficient (Wildman–Crippen LogP) is 1.43. The zero-order valence-corrected chi connectivity index (χ0v) is 10.3. The van der Waals surface area contributed by atoms with Gasteiger partial charge in [-0.2, -0.15) is 6.61 Å². The molecule has 0 aliphatic carbocycles. The Bertz CT molecular complexity index is 50.8. The molecule has 0 unspecified atom stereocenters. The second-order valence-corrected chi connectivity index (χ2v) is 2.97. The monoisotopic (exact) mass is 331 g/mol. The molecule has 0 aromatic rings. The third-order valence-electron chi connectivity index (χ3n) is 0.742. The van der Waals surface area contributed by atoms with E-state index in [1.54, 1.807) is 6.61 Å². The summed E-state index contributed by atoms with van der Waals surface area (Å²) in [6.07, 6.45) is 0. The van der Waals surface area contributed by atoms with Gasteiger partial charge in [0, 0.05) is 33.6 Å². The average Bonchev–Trinajstić information content (AvgIpc) is 1.90. The third-order valence-corrected chi connectivity index (χ3v) is 0.742. The normalized spacial score (nSPS) is 16.4. The largest absolute Gasteiger partial charge is 0.550 e. The van der Waals surface area contributed by atoms with E-state index in [1.165, 1.54) is 0 Å². The summed E-state index contributed by atoms with van der Waals surface area (Å²) in [5, 5.41) is 3.10. The van der Waals surface area contributed by atoms with Gasteiger partial charge < -0.3 is 10.1 Å². The molecule has 0 aromatic carbocycles. The van der Waals surface area contributed by atoms with Crippen molar-refractivity contribution in [2.24, 2.45) is 5.92 Å². The van der Waals surface area contributed by atoms with Crippen molar-refractivity contribution in [2.45, 2.75) is 20.8 Å². The van der Waals surface area contributed by atoms with Gasteiger partial charge in [-0.05, 0) is 5.92 Å². The van der Waals surface area contributed by atoms with E-state index in [0.29, 0.717) is 0 Å². The Kier molecular flexibility index (Phi) is 13.6. The summed E-state index contributed by atoms with van der Waals surface area (Å²) in [5.41, 5.74) is 0. The van der Waals surface area contributed by atoms with E-state index in [-0.39, 0.29) is 20.4 Å². The molecule has 0 atom stereocenters. The first-order valence-corrected chi connectivity index (χ1v) is 3.87. The molecule has 0 bridgehead atoms. The molecule has 2 nitrogen and oxygen atoms in total. The number of ether oxygens (including phenoxy) is 1. The third kappa shape index (κ3) is 18.0. The van der Waals surface area contributed by atoms with Crippen LogP contribution in [0.25, 0.3) is 0 Å². The first-order valence-electron chi connectivity index (χ1n) is 3.87. The second-order valence-electron chi connectivity index (χ2n) is 2.97. The van der Waals surface area contributed by atoms with Crippen molar-refractivity contribution in [1.82, 2.24) is 5.32 Å². The summed E-state index contributed by atoms with van der Waals surface area (Å²) in [6, 6.07) is 0. The fourth-order valence-corrected chi connectivity index (χ4v) is 0.434. The fraction of sp³-hybridized carbons (Fsp3) is 0.875. The van der Waals surface area contributed by atoms with Crippen molar-refractivity contribution in [1.29, 1.82) is 0 Å². The molecular formula is C8H18NORe-. The summed E-state index contributed by atoms with van der Waals surface area (Å²) in [6.45, 7) is 11.0. The molecule has 1 rings (SSSR count). The van der Waals surface area contributed by atoms with Crippen molar-refractivity contribution < 1.29 is 25.2 Å². The van der Waals surface area contributed by atoms with Crippen LogP contribution in [0.5, 0.6) is 0 Å². The van der Waals surface area contributed by atoms with Gasteiger partial charge in [0.1, 0.15) is 0 Å². The minimum absolute atomic E-state index is 0. The Hall–Kier alpha value is 0.582. The van der Waals surface area contributed by atoms with E-state index in [0.717, 1.165) is 25.6 Å². The molecule has 3 heteroatoms. The molecule has 0 spiro atoms. The van der Waals surface area contributed by atoms with Gasteiger partial charge in [0.2, 0.25) is 0 Å². The molecule has 0 amide bonds. The number of hydrogen-bond acceptors (Lipinski definition) is 2. The van der Waals surface area contributed by atoms with Gasteiger partial charge in [0.05, 0.1) is 0 Å². The van der Waals surface area contributed by atoms with Crippen LogP contribution < -0.4 is 5.32 Å². The van der Waals surface area contributed by atoms with Crippen LogP contribution in [-0.4, -0.2) is 19.7 Å². The van der Waals surface area contributed by atoms with E-state index in [2.05, 4.69) is 26.1 Å². The molecule has 1 radical (unpaired) electrons. The Labute approximate surface area is 83.7 Å². The van der Waals surface area contributed by atoms with E-state index in [4.69, 9.17) is 4.74 Å². The number of morpholine rings is 1. The van der Waals surface area contributed by atoms with E-state index < -0.39 is 0 Å². The van der Waals surface area contributed by atoms with Gasteiger partial charge in [-0.1, -0.05) is 20.8 Å². The Balaban J connectivity index is 0. The Morgan fingerprint density at radius 2 is 1.91 bits per heavy atom. The molecule has 1 saturated heterocycles. The Morgan fingerprint density at radius 3 is 2.00 bits per heavy atom. The van der Waals surface area contributed by atoms with Crippen LogP contribution in [0.15, 0.2) is 0 Å². The first kappa shape index (κ1) is 14.1. The predicted molar refractivity (Wildman–Crippen MR) is 43.6 cm³/mol. The van der Waals surface area contributed by atoms with Crippen LogP contribution in [0.2, 0.25) is 0 Å². The molecule has 1 N–H and O–H groups in total. The molecule has 1 aliphatic rings. The van der Waals surface area contributed by atoms with Crippen molar-refractivity contribution in [3.63, 3.8) is 0 Å². The van der Waals surface area contributed by atoms with Gasteiger partial charge in [-0.3, -0.25) is 0 Å². The van der Waals surface area contributed by atoms with Gasteiger partial charge >= 0.3 is 0 Å². The van der Waals surface area contributed by atoms with Crippen LogP contribution in [0, 0.1) is 12.5 Å². The molecule has 1 heterocycles. The molecule has 1 fully saturated rings. The summed E-state index contributed by atoms with van der Waals surface area (Å²) in [5.74, 6) is 0.833. The molecule has 0 saturated carbocycles. The molecular weight excluding hydrogens is 312 g/mol. The summed E-state index contributed by atoms with van der Waals surface area (Å²) in [7, 11) is 0. The first-order chi connectivity index (χ1) is 4.73. The van der Waals surface area contributed by atoms with Crippen LogP contribution >= 0.6 is 0 Å². The maximum atomic E-state index is 4.88. The quantitative estimate of drug-likeness (QED) is 0.679. The van der Waals surface area contributed by atoms with Crippen molar-refractivity contribution >= 4 is 0 Å². The van der Waals surface area contributed by atoms with Crippen molar-refractivity contribution in [3.8, 4) is 0 Å². The van der Waals surface area contributed by atoms with Gasteiger partial charge in [0.25, 0.3) is 0 Å². The zero-order chi connectivity index (χ0) is 7.82. The molecule has 11 heavy (non-hydrogen) atoms. The van der Waals surface area contributed by atoms with Crippen LogP contribution in [0.1, 0.15) is 20.8 Å². The Morgan fingerprint density at radius 1 is 1.36 bits per heavy atom. The zero-order valence-electron chi connectivity index (χ0n) is 7.56. The van der Waals surface area contributed by atoms with Crippen molar-refractivity contribution in [3.05, 3.63) is 6.61 Å². The van der Waals surface area contributed by atoms with E-state index in [9.17, 15) is 0 Å². The molecule has 0 aromatic heterocycles. The van der Waals surface area contributed by atoms with Crippen LogP contribution in [0.4, 0.5) is 0 Å². The number of rotatable bonds is 0. The maximum absolute atomic E-state index is 4.88. The SMILES string of the molecule is CC(C)C.[CH-]1CNCCO1.[Re]. The number of hydrogen-bond donors (Lipinski definition) is 1. The van der Waals surface area contributed by atoms with Gasteiger partial charge in [-0.15, -0.1) is 6.54 Å². The standard InChI is InChI=1S/C4H8NO.C4H10.Re/c1-3-6-4-2-5-1;1-4(2)3;/h3,5H,1-2,4H2;4H,1-3H3;/q-1;;. The minimum Gasteiger partial charge on any atom is -0.550 e. The van der Waals surface area contributed by atoms with E-state index in [1.807, 2.05) is 0 Å². The summed E-state index contributed by atoms with van der Waals surface area (Å²) >= 11 is 0. The summed E-state index contributed by atoms with van der Waals surface area (Å²) < 4.78 is 4.88. The number of nitrogens with one attached hydrogen (secondary N) is 1. The maximum Gasteiger partial charge on any atom is 0.0240 e. The molecule has 69 valence electrons. The topological polar surface area (TPSA) is 21.3 Å². The average molecular weight is 330 g/mol. The minimum atomic E-state index is 0. The van der Waals surface area contributed by atoms with Crippen LogP contribution in [-0.2, 0) is 25.2 Å². The van der Waals surface area contributed by atoms with Gasteiger partial charge in [-0.25, -0.2) is 0 Å². The van der Waals surface area contributed by atoms with Crippen molar-refractivity contribution in [2.75, 3.05) is 19.7 Å². The van der Waals surface area contributed by atoms with Crippen LogP contribution in [0.3, 0.4) is 0 Å². The second kappa shape index (κ2) is 10.6.